The second kappa shape index (κ2) is 3.16. The molecule has 1 aromatic heterocycles. The van der Waals surface area contributed by atoms with Crippen LogP contribution in [0, 0.1) is 11.5 Å². The summed E-state index contributed by atoms with van der Waals surface area (Å²) in [4.78, 5) is 3.16. The number of hydrogen-bond donors (Lipinski definition) is 0. The lowest BCUT2D eigenvalue weighted by atomic mass is 10.4. The third-order valence-electron chi connectivity index (χ3n) is 2.02. The van der Waals surface area contributed by atoms with E-state index < -0.39 is 0 Å². The van der Waals surface area contributed by atoms with E-state index >= 15 is 0 Å². The molecule has 0 saturated heterocycles. The third kappa shape index (κ3) is 1.59. The molecule has 3 heteroatoms. The van der Waals surface area contributed by atoms with Crippen molar-refractivity contribution in [2.45, 2.75) is 25.4 Å². The van der Waals surface area contributed by atoms with Gasteiger partial charge in [-0.2, -0.15) is 5.26 Å². The van der Waals surface area contributed by atoms with E-state index in [-0.39, 0.29) is 0 Å². The van der Waals surface area contributed by atoms with Gasteiger partial charge in [0.25, 0.3) is 0 Å². The zero-order valence-corrected chi connectivity index (χ0v) is 7.55. The Bertz CT molecular complexity index is 282. The van der Waals surface area contributed by atoms with Crippen molar-refractivity contribution in [2.75, 3.05) is 0 Å². The van der Waals surface area contributed by atoms with Gasteiger partial charge >= 0.3 is 0 Å². The van der Waals surface area contributed by atoms with Crippen LogP contribution in [0.15, 0.2) is 17.5 Å². The number of nitrogens with zero attached hydrogens (tertiary/aromatic N) is 2. The van der Waals surface area contributed by atoms with Gasteiger partial charge in [-0.1, -0.05) is 6.07 Å². The molecule has 0 aromatic carbocycles. The van der Waals surface area contributed by atoms with Crippen molar-refractivity contribution in [3.8, 4) is 6.19 Å². The molecule has 0 bridgehead atoms. The van der Waals surface area contributed by atoms with Crippen LogP contribution in [0.3, 0.4) is 0 Å². The molecule has 0 radical (unpaired) electrons. The maximum absolute atomic E-state index is 8.82. The van der Waals surface area contributed by atoms with Gasteiger partial charge in [0, 0.05) is 10.9 Å². The zero-order valence-electron chi connectivity index (χ0n) is 6.73. The topological polar surface area (TPSA) is 27.0 Å². The van der Waals surface area contributed by atoms with Gasteiger partial charge in [0.2, 0.25) is 0 Å². The van der Waals surface area contributed by atoms with Crippen LogP contribution in [-0.2, 0) is 6.54 Å². The summed E-state index contributed by atoms with van der Waals surface area (Å²) in [6.07, 6.45) is 4.63. The fourth-order valence-electron chi connectivity index (χ4n) is 1.20. The Morgan fingerprint density at radius 2 is 2.50 bits per heavy atom. The second-order valence-electron chi connectivity index (χ2n) is 3.04. The highest BCUT2D eigenvalue weighted by atomic mass is 32.1. The molecule has 1 saturated carbocycles. The normalized spacial score (nSPS) is 15.6. The van der Waals surface area contributed by atoms with Gasteiger partial charge in [-0.15, -0.1) is 11.3 Å². The summed E-state index contributed by atoms with van der Waals surface area (Å²) in [5, 5.41) is 10.9. The van der Waals surface area contributed by atoms with Crippen molar-refractivity contribution in [2.24, 2.45) is 0 Å². The molecule has 2 rings (SSSR count). The van der Waals surface area contributed by atoms with Gasteiger partial charge in [0.15, 0.2) is 6.19 Å². The molecular formula is C9H10N2S. The molecule has 1 fully saturated rings. The molecule has 0 atom stereocenters. The summed E-state index contributed by atoms with van der Waals surface area (Å²) in [6, 6.07) is 4.65. The first-order valence-corrected chi connectivity index (χ1v) is 4.97. The minimum absolute atomic E-state index is 0.539. The fraction of sp³-hybridized carbons (Fsp3) is 0.444. The van der Waals surface area contributed by atoms with Crippen LogP contribution in [0.4, 0.5) is 0 Å². The second-order valence-corrected chi connectivity index (χ2v) is 4.07. The summed E-state index contributed by atoms with van der Waals surface area (Å²) < 4.78 is 0. The van der Waals surface area contributed by atoms with Crippen LogP contribution in [0.5, 0.6) is 0 Å². The molecule has 0 aliphatic heterocycles. The Kier molecular flexibility index (Phi) is 2.01. The highest BCUT2D eigenvalue weighted by Crippen LogP contribution is 2.28. The number of nitriles is 1. The quantitative estimate of drug-likeness (QED) is 0.524. The lowest BCUT2D eigenvalue weighted by Gasteiger charge is -2.12. The maximum Gasteiger partial charge on any atom is 0.179 e. The van der Waals surface area contributed by atoms with E-state index in [4.69, 9.17) is 5.26 Å². The molecule has 1 aromatic rings. The van der Waals surface area contributed by atoms with Crippen LogP contribution in [0.1, 0.15) is 17.7 Å². The summed E-state index contributed by atoms with van der Waals surface area (Å²) >= 11 is 1.72. The molecule has 0 spiro atoms. The van der Waals surface area contributed by atoms with Gasteiger partial charge in [0.1, 0.15) is 0 Å². The molecule has 62 valence electrons. The zero-order chi connectivity index (χ0) is 8.39. The van der Waals surface area contributed by atoms with E-state index in [0.717, 1.165) is 6.54 Å². The number of thiophene rings is 1. The predicted octanol–water partition coefficient (Wildman–Crippen LogP) is 2.19. The first-order chi connectivity index (χ1) is 5.90. The van der Waals surface area contributed by atoms with Crippen LogP contribution in [0.2, 0.25) is 0 Å². The largest absolute Gasteiger partial charge is 0.302 e. The molecule has 0 amide bonds. The lowest BCUT2D eigenvalue weighted by Crippen LogP contribution is -2.18. The van der Waals surface area contributed by atoms with Crippen molar-refractivity contribution in [3.63, 3.8) is 0 Å². The van der Waals surface area contributed by atoms with Gasteiger partial charge in [-0.3, -0.25) is 0 Å². The van der Waals surface area contributed by atoms with E-state index in [1.807, 2.05) is 11.0 Å². The monoisotopic (exact) mass is 178 g/mol. The molecule has 1 aliphatic rings. The summed E-state index contributed by atoms with van der Waals surface area (Å²) in [6.45, 7) is 0.804. The SMILES string of the molecule is N#CN(Cc1cccs1)C1CC1. The first-order valence-electron chi connectivity index (χ1n) is 4.09. The minimum Gasteiger partial charge on any atom is -0.302 e. The average Bonchev–Trinajstić information content (AvgIpc) is 2.80. The average molecular weight is 178 g/mol. The summed E-state index contributed by atoms with van der Waals surface area (Å²) in [5.74, 6) is 0. The van der Waals surface area contributed by atoms with Crippen molar-refractivity contribution in [1.29, 1.82) is 5.26 Å². The first kappa shape index (κ1) is 7.63. The molecular weight excluding hydrogens is 168 g/mol. The minimum atomic E-state index is 0.539. The molecule has 1 aliphatic carbocycles. The Balaban J connectivity index is 1.97. The Hall–Kier alpha value is -1.01. The smallest absolute Gasteiger partial charge is 0.179 e. The van der Waals surface area contributed by atoms with Gasteiger partial charge in [-0.05, 0) is 24.3 Å². The standard InChI is InChI=1S/C9H10N2S/c10-7-11(8-3-4-8)6-9-2-1-5-12-9/h1-2,5,8H,3-4,6H2. The number of rotatable bonds is 3. The van der Waals surface area contributed by atoms with Crippen molar-refractivity contribution in [1.82, 2.24) is 4.90 Å². The van der Waals surface area contributed by atoms with Crippen LogP contribution >= 0.6 is 11.3 Å². The fourth-order valence-corrected chi connectivity index (χ4v) is 1.91. The van der Waals surface area contributed by atoms with E-state index in [1.54, 1.807) is 11.3 Å². The lowest BCUT2D eigenvalue weighted by molar-refractivity contribution is 0.379. The van der Waals surface area contributed by atoms with E-state index in [9.17, 15) is 0 Å². The van der Waals surface area contributed by atoms with Crippen LogP contribution in [-0.4, -0.2) is 10.9 Å². The summed E-state index contributed by atoms with van der Waals surface area (Å²) in [5.41, 5.74) is 0. The highest BCUT2D eigenvalue weighted by Gasteiger charge is 2.28. The van der Waals surface area contributed by atoms with Crippen molar-refractivity contribution < 1.29 is 0 Å². The number of hydrogen-bond acceptors (Lipinski definition) is 3. The Morgan fingerprint density at radius 3 is 3.00 bits per heavy atom. The van der Waals surface area contributed by atoms with Gasteiger partial charge < -0.3 is 4.90 Å². The molecule has 12 heavy (non-hydrogen) atoms. The van der Waals surface area contributed by atoms with Crippen molar-refractivity contribution >= 4 is 11.3 Å². The van der Waals surface area contributed by atoms with Crippen LogP contribution < -0.4 is 0 Å². The highest BCUT2D eigenvalue weighted by molar-refractivity contribution is 7.09. The molecule has 1 heterocycles. The molecule has 0 N–H and O–H groups in total. The van der Waals surface area contributed by atoms with Gasteiger partial charge in [-0.25, -0.2) is 0 Å². The van der Waals surface area contributed by atoms with Crippen molar-refractivity contribution in [3.05, 3.63) is 22.4 Å². The van der Waals surface area contributed by atoms with E-state index in [1.165, 1.54) is 17.7 Å². The maximum atomic E-state index is 8.82. The van der Waals surface area contributed by atoms with Crippen LogP contribution in [0.25, 0.3) is 0 Å². The van der Waals surface area contributed by atoms with Gasteiger partial charge in [0.05, 0.1) is 6.54 Å². The molecule has 0 unspecified atom stereocenters. The summed E-state index contributed by atoms with van der Waals surface area (Å²) in [7, 11) is 0. The van der Waals surface area contributed by atoms with E-state index in [2.05, 4.69) is 17.6 Å². The Labute approximate surface area is 76.0 Å². The third-order valence-corrected chi connectivity index (χ3v) is 2.88. The predicted molar refractivity (Wildman–Crippen MR) is 48.5 cm³/mol. The molecule has 2 nitrogen and oxygen atoms in total. The Morgan fingerprint density at radius 1 is 1.67 bits per heavy atom. The van der Waals surface area contributed by atoms with E-state index in [0.29, 0.717) is 6.04 Å².